The molecule has 0 aliphatic carbocycles. The summed E-state index contributed by atoms with van der Waals surface area (Å²) in [5.41, 5.74) is 6.75. The summed E-state index contributed by atoms with van der Waals surface area (Å²) in [4.78, 5) is 29.8. The molecule has 0 spiro atoms. The number of aliphatic imine (C=N–C) groups is 1. The molecule has 1 aromatic rings. The Labute approximate surface area is 140 Å². The molecule has 0 bridgehead atoms. The first-order valence-electron chi connectivity index (χ1n) is 7.41. The van der Waals surface area contributed by atoms with Gasteiger partial charge < -0.3 is 20.7 Å². The Morgan fingerprint density at radius 2 is 2.25 bits per heavy atom. The van der Waals surface area contributed by atoms with Crippen LogP contribution in [0.2, 0.25) is 0 Å². The molecular weight excluding hydrogens is 308 g/mol. The molecule has 7 heteroatoms. The number of anilines is 1. The number of benzene rings is 1. The molecule has 126 valence electrons. The Balaban J connectivity index is 2.13. The maximum Gasteiger partial charge on any atom is 0.263 e. The third-order valence-electron chi connectivity index (χ3n) is 3.48. The van der Waals surface area contributed by atoms with Gasteiger partial charge in [-0.2, -0.15) is 0 Å². The fourth-order valence-corrected chi connectivity index (χ4v) is 2.31. The van der Waals surface area contributed by atoms with Crippen molar-refractivity contribution in [3.63, 3.8) is 0 Å². The molecule has 0 saturated carbocycles. The van der Waals surface area contributed by atoms with Crippen LogP contribution in [0.3, 0.4) is 0 Å². The molecule has 0 fully saturated rings. The molecule has 0 saturated heterocycles. The molecule has 0 radical (unpaired) electrons. The zero-order chi connectivity index (χ0) is 17.5. The van der Waals surface area contributed by atoms with Crippen molar-refractivity contribution in [3.8, 4) is 5.75 Å². The first-order valence-corrected chi connectivity index (χ1v) is 7.41. The molecule has 2 amide bonds. The quantitative estimate of drug-likeness (QED) is 0.612. The van der Waals surface area contributed by atoms with Gasteiger partial charge in [-0.25, -0.2) is 0 Å². The van der Waals surface area contributed by atoms with E-state index in [0.717, 1.165) is 0 Å². The molecule has 2 rings (SSSR count). The summed E-state index contributed by atoms with van der Waals surface area (Å²) in [6.07, 6.45) is 3.33. The van der Waals surface area contributed by atoms with Gasteiger partial charge in [0.1, 0.15) is 5.75 Å². The van der Waals surface area contributed by atoms with E-state index in [2.05, 4.69) is 16.9 Å². The van der Waals surface area contributed by atoms with E-state index in [1.165, 1.54) is 17.2 Å². The van der Waals surface area contributed by atoms with Crippen LogP contribution in [-0.2, 0) is 9.59 Å². The van der Waals surface area contributed by atoms with Gasteiger partial charge in [-0.1, -0.05) is 18.7 Å². The minimum atomic E-state index is -0.818. The van der Waals surface area contributed by atoms with E-state index in [1.54, 1.807) is 37.5 Å². The number of fused-ring (bicyclic) bond motifs is 1. The minimum absolute atomic E-state index is 0.108. The summed E-state index contributed by atoms with van der Waals surface area (Å²) in [6.45, 7) is 3.84. The zero-order valence-electron chi connectivity index (χ0n) is 13.4. The van der Waals surface area contributed by atoms with Crippen LogP contribution < -0.4 is 20.7 Å². The van der Waals surface area contributed by atoms with Crippen molar-refractivity contribution in [2.75, 3.05) is 25.0 Å². The summed E-state index contributed by atoms with van der Waals surface area (Å²) in [6, 6.07) is 7.06. The second-order valence-corrected chi connectivity index (χ2v) is 5.07. The van der Waals surface area contributed by atoms with E-state index in [0.29, 0.717) is 17.0 Å². The summed E-state index contributed by atoms with van der Waals surface area (Å²) in [5.74, 6) is -0.150. The lowest BCUT2D eigenvalue weighted by Gasteiger charge is -2.33. The van der Waals surface area contributed by atoms with Crippen molar-refractivity contribution in [1.29, 1.82) is 0 Å². The first kappa shape index (κ1) is 17.3. The maximum atomic E-state index is 12.4. The molecule has 7 nitrogen and oxygen atoms in total. The highest BCUT2D eigenvalue weighted by molar-refractivity contribution is 6.03. The number of para-hydroxylation sites is 2. The van der Waals surface area contributed by atoms with Gasteiger partial charge in [0.2, 0.25) is 0 Å². The number of amides is 2. The van der Waals surface area contributed by atoms with Gasteiger partial charge in [0, 0.05) is 31.6 Å². The fourth-order valence-electron chi connectivity index (χ4n) is 2.31. The van der Waals surface area contributed by atoms with Crippen molar-refractivity contribution in [2.45, 2.75) is 6.10 Å². The average molecular weight is 328 g/mol. The second kappa shape index (κ2) is 7.96. The van der Waals surface area contributed by atoms with Crippen LogP contribution >= 0.6 is 0 Å². The molecular formula is C17H20N4O3. The van der Waals surface area contributed by atoms with Crippen LogP contribution in [0.5, 0.6) is 5.75 Å². The van der Waals surface area contributed by atoms with Crippen LogP contribution in [0.4, 0.5) is 5.69 Å². The van der Waals surface area contributed by atoms with Crippen molar-refractivity contribution in [3.05, 3.63) is 48.7 Å². The van der Waals surface area contributed by atoms with E-state index < -0.39 is 6.10 Å². The average Bonchev–Trinajstić information content (AvgIpc) is 2.63. The number of rotatable bonds is 5. The third-order valence-corrected chi connectivity index (χ3v) is 3.48. The highest BCUT2D eigenvalue weighted by Crippen LogP contribution is 2.33. The number of hydrogen-bond acceptors (Lipinski definition) is 5. The smallest absolute Gasteiger partial charge is 0.263 e. The van der Waals surface area contributed by atoms with Gasteiger partial charge >= 0.3 is 0 Å². The first-order chi connectivity index (χ1) is 11.6. The molecule has 1 aliphatic rings. The van der Waals surface area contributed by atoms with Crippen LogP contribution in [0.25, 0.3) is 0 Å². The van der Waals surface area contributed by atoms with E-state index >= 15 is 0 Å². The van der Waals surface area contributed by atoms with Crippen molar-refractivity contribution in [1.82, 2.24) is 5.32 Å². The third kappa shape index (κ3) is 3.81. The Hall–Kier alpha value is -3.09. The molecule has 1 aliphatic heterocycles. The predicted molar refractivity (Wildman–Crippen MR) is 93.1 cm³/mol. The standard InChI is InChI=1S/C17H20N4O3/c1-3-16(22)21-11-15(24-14-7-5-4-6-13(14)21)17(23)20-10-12(8-18)9-19-2/h3-9,15H,1,10-11,18H2,2H3,(H,20,23)/b12-8+,19-9?. The molecule has 1 unspecified atom stereocenters. The van der Waals surface area contributed by atoms with Crippen LogP contribution in [0.1, 0.15) is 0 Å². The molecule has 1 heterocycles. The number of nitrogens with zero attached hydrogens (tertiary/aromatic N) is 2. The van der Waals surface area contributed by atoms with E-state index in [4.69, 9.17) is 10.5 Å². The summed E-state index contributed by atoms with van der Waals surface area (Å²) in [5, 5.41) is 2.73. The summed E-state index contributed by atoms with van der Waals surface area (Å²) in [7, 11) is 1.62. The Bertz CT molecular complexity index is 697. The fraction of sp³-hybridized carbons (Fsp3) is 0.235. The predicted octanol–water partition coefficient (Wildman–Crippen LogP) is 0.626. The summed E-state index contributed by atoms with van der Waals surface area (Å²) < 4.78 is 5.72. The van der Waals surface area contributed by atoms with E-state index in [1.807, 2.05) is 0 Å². The Kier molecular flexibility index (Phi) is 5.73. The lowest BCUT2D eigenvalue weighted by atomic mass is 10.1. The lowest BCUT2D eigenvalue weighted by Crippen LogP contribution is -2.50. The monoisotopic (exact) mass is 328 g/mol. The van der Waals surface area contributed by atoms with Gasteiger partial charge in [-0.05, 0) is 18.2 Å². The molecule has 0 aromatic heterocycles. The van der Waals surface area contributed by atoms with Crippen LogP contribution in [0.15, 0.2) is 53.7 Å². The highest BCUT2D eigenvalue weighted by atomic mass is 16.5. The Morgan fingerprint density at radius 1 is 1.50 bits per heavy atom. The van der Waals surface area contributed by atoms with Crippen LogP contribution in [0, 0.1) is 0 Å². The maximum absolute atomic E-state index is 12.4. The molecule has 1 atom stereocenters. The number of nitrogens with two attached hydrogens (primary N) is 1. The molecule has 24 heavy (non-hydrogen) atoms. The minimum Gasteiger partial charge on any atom is -0.477 e. The van der Waals surface area contributed by atoms with Gasteiger partial charge in [0.25, 0.3) is 11.8 Å². The second-order valence-electron chi connectivity index (χ2n) is 5.07. The van der Waals surface area contributed by atoms with Gasteiger partial charge in [-0.15, -0.1) is 0 Å². The number of carbonyl (C=O) groups is 2. The number of carbonyl (C=O) groups excluding carboxylic acids is 2. The van der Waals surface area contributed by atoms with Crippen molar-refractivity contribution < 1.29 is 14.3 Å². The van der Waals surface area contributed by atoms with Gasteiger partial charge in [0.15, 0.2) is 6.10 Å². The Morgan fingerprint density at radius 3 is 2.92 bits per heavy atom. The largest absolute Gasteiger partial charge is 0.477 e. The summed E-state index contributed by atoms with van der Waals surface area (Å²) >= 11 is 0. The van der Waals surface area contributed by atoms with Gasteiger partial charge in [-0.3, -0.25) is 14.6 Å². The lowest BCUT2D eigenvalue weighted by molar-refractivity contribution is -0.128. The van der Waals surface area contributed by atoms with Crippen LogP contribution in [-0.4, -0.2) is 44.3 Å². The normalized spacial score (nSPS) is 17.1. The topological polar surface area (TPSA) is 97.0 Å². The van der Waals surface area contributed by atoms with E-state index in [-0.39, 0.29) is 24.9 Å². The molecule has 1 aromatic carbocycles. The van der Waals surface area contributed by atoms with E-state index in [9.17, 15) is 9.59 Å². The van der Waals surface area contributed by atoms with Gasteiger partial charge in [0.05, 0.1) is 12.2 Å². The van der Waals surface area contributed by atoms with Crippen molar-refractivity contribution >= 4 is 23.7 Å². The molecule has 3 N–H and O–H groups in total. The number of nitrogens with one attached hydrogen (secondary N) is 1. The number of hydrogen-bond donors (Lipinski definition) is 2. The number of ether oxygens (including phenoxy) is 1. The SMILES string of the molecule is C=CC(=O)N1CC(C(=O)NC/C(C=NC)=C/N)Oc2ccccc21. The van der Waals surface area contributed by atoms with Crippen molar-refractivity contribution in [2.24, 2.45) is 10.7 Å². The highest BCUT2D eigenvalue weighted by Gasteiger charge is 2.32. The zero-order valence-corrected chi connectivity index (χ0v) is 13.4.